The summed E-state index contributed by atoms with van der Waals surface area (Å²) in [5.74, 6) is 1.01. The van der Waals surface area contributed by atoms with Gasteiger partial charge in [0.2, 0.25) is 0 Å². The molecule has 0 amide bonds. The number of hydrogen-bond donors (Lipinski definition) is 1. The first-order valence-corrected chi connectivity index (χ1v) is 5.35. The van der Waals surface area contributed by atoms with E-state index in [2.05, 4.69) is 27.7 Å². The highest BCUT2D eigenvalue weighted by Crippen LogP contribution is 2.15. The Balaban J connectivity index is 3.95. The molecule has 78 valence electrons. The van der Waals surface area contributed by atoms with Gasteiger partial charge in [-0.1, -0.05) is 27.7 Å². The maximum Gasteiger partial charge on any atom is 0.380 e. The van der Waals surface area contributed by atoms with Crippen LogP contribution in [-0.4, -0.2) is 27.8 Å². The van der Waals surface area contributed by atoms with Crippen LogP contribution in [0.15, 0.2) is 0 Å². The van der Waals surface area contributed by atoms with Crippen molar-refractivity contribution in [2.24, 2.45) is 11.8 Å². The summed E-state index contributed by atoms with van der Waals surface area (Å²) in [7, 11) is 0. The summed E-state index contributed by atoms with van der Waals surface area (Å²) < 4.78 is 1.91. The molecule has 0 aromatic carbocycles. The molecular weight excluding hydrogens is 186 g/mol. The van der Waals surface area contributed by atoms with Gasteiger partial charge in [-0.05, 0) is 11.8 Å². The molecule has 1 N–H and O–H groups in total. The standard InChI is InChI=1S/C9H19NO2S/c1-7(2)5-10(6-8(3)4)13-9(11)12/h7-8H,5-6H2,1-4H3,(H,11,12). The van der Waals surface area contributed by atoms with Gasteiger partial charge in [0.15, 0.2) is 0 Å². The van der Waals surface area contributed by atoms with Crippen LogP contribution < -0.4 is 0 Å². The minimum atomic E-state index is -0.818. The lowest BCUT2D eigenvalue weighted by atomic mass is 10.2. The van der Waals surface area contributed by atoms with Crippen LogP contribution in [-0.2, 0) is 0 Å². The summed E-state index contributed by atoms with van der Waals surface area (Å²) in [6, 6.07) is 0. The van der Waals surface area contributed by atoms with Gasteiger partial charge in [-0.15, -0.1) is 0 Å². The number of hydrogen-bond acceptors (Lipinski definition) is 3. The lowest BCUT2D eigenvalue weighted by molar-refractivity contribution is 0.220. The Bertz CT molecular complexity index is 150. The Morgan fingerprint density at radius 3 is 1.85 bits per heavy atom. The normalized spacial score (nSPS) is 11.6. The summed E-state index contributed by atoms with van der Waals surface area (Å²) in [6.45, 7) is 10.0. The molecule has 0 aliphatic heterocycles. The molecule has 0 aromatic rings. The highest BCUT2D eigenvalue weighted by atomic mass is 32.2. The number of carbonyl (C=O) groups is 1. The predicted octanol–water partition coefficient (Wildman–Crippen LogP) is 2.93. The van der Waals surface area contributed by atoms with Gasteiger partial charge in [0.25, 0.3) is 0 Å². The summed E-state index contributed by atoms with van der Waals surface area (Å²) in [4.78, 5) is 10.5. The smallest absolute Gasteiger partial charge is 0.380 e. The minimum Gasteiger partial charge on any atom is -0.472 e. The van der Waals surface area contributed by atoms with Gasteiger partial charge in [0, 0.05) is 25.0 Å². The van der Waals surface area contributed by atoms with Gasteiger partial charge in [0.05, 0.1) is 0 Å². The second-order valence-electron chi connectivity index (χ2n) is 3.99. The quantitative estimate of drug-likeness (QED) is 0.701. The Morgan fingerprint density at radius 1 is 1.23 bits per heavy atom. The molecule has 0 spiro atoms. The van der Waals surface area contributed by atoms with Crippen LogP contribution in [0.25, 0.3) is 0 Å². The van der Waals surface area contributed by atoms with E-state index in [0.29, 0.717) is 11.8 Å². The third-order valence-corrected chi connectivity index (χ3v) is 2.06. The number of nitrogens with zero attached hydrogens (tertiary/aromatic N) is 1. The topological polar surface area (TPSA) is 40.5 Å². The Kier molecular flexibility index (Phi) is 6.16. The molecule has 3 nitrogen and oxygen atoms in total. The predicted molar refractivity (Wildman–Crippen MR) is 56.9 cm³/mol. The molecule has 0 aliphatic rings. The Morgan fingerprint density at radius 2 is 1.62 bits per heavy atom. The fourth-order valence-corrected chi connectivity index (χ4v) is 2.04. The molecule has 0 unspecified atom stereocenters. The molecule has 0 radical (unpaired) electrons. The van der Waals surface area contributed by atoms with Crippen LogP contribution in [0.2, 0.25) is 0 Å². The van der Waals surface area contributed by atoms with Crippen LogP contribution in [0.3, 0.4) is 0 Å². The monoisotopic (exact) mass is 205 g/mol. The third-order valence-electron chi connectivity index (χ3n) is 1.34. The number of rotatable bonds is 5. The van der Waals surface area contributed by atoms with Crippen LogP contribution in [0.1, 0.15) is 27.7 Å². The molecule has 0 heterocycles. The largest absolute Gasteiger partial charge is 0.472 e. The Labute approximate surface area is 84.6 Å². The van der Waals surface area contributed by atoms with E-state index in [9.17, 15) is 4.79 Å². The van der Waals surface area contributed by atoms with E-state index in [0.717, 1.165) is 25.0 Å². The second kappa shape index (κ2) is 6.27. The van der Waals surface area contributed by atoms with Crippen LogP contribution >= 0.6 is 11.9 Å². The maximum absolute atomic E-state index is 10.5. The lowest BCUT2D eigenvalue weighted by Gasteiger charge is -2.22. The zero-order valence-corrected chi connectivity index (χ0v) is 9.60. The molecule has 0 aromatic heterocycles. The molecule has 0 bridgehead atoms. The van der Waals surface area contributed by atoms with Crippen LogP contribution in [0.4, 0.5) is 4.79 Å². The molecule has 0 aliphatic carbocycles. The molecule has 13 heavy (non-hydrogen) atoms. The third kappa shape index (κ3) is 8.12. The van der Waals surface area contributed by atoms with Crippen molar-refractivity contribution in [1.82, 2.24) is 4.31 Å². The lowest BCUT2D eigenvalue weighted by Crippen LogP contribution is -2.26. The van der Waals surface area contributed by atoms with E-state index in [1.54, 1.807) is 0 Å². The van der Waals surface area contributed by atoms with Gasteiger partial charge >= 0.3 is 5.30 Å². The zero-order valence-electron chi connectivity index (χ0n) is 8.78. The van der Waals surface area contributed by atoms with Crippen LogP contribution in [0.5, 0.6) is 0 Å². The fraction of sp³-hybridized carbons (Fsp3) is 0.889. The summed E-state index contributed by atoms with van der Waals surface area (Å²) >= 11 is 0.906. The average Bonchev–Trinajstić information content (AvgIpc) is 1.80. The van der Waals surface area contributed by atoms with Gasteiger partial charge in [-0.2, -0.15) is 0 Å². The minimum absolute atomic E-state index is 0.505. The highest BCUT2D eigenvalue weighted by Gasteiger charge is 2.13. The number of carboxylic acid groups (broad SMARTS) is 1. The SMILES string of the molecule is CC(C)CN(CC(C)C)SC(=O)O. The van der Waals surface area contributed by atoms with Crippen molar-refractivity contribution in [3.05, 3.63) is 0 Å². The van der Waals surface area contributed by atoms with Crippen molar-refractivity contribution >= 4 is 17.2 Å². The molecule has 0 saturated heterocycles. The molecule has 0 fully saturated rings. The molecular formula is C9H19NO2S. The summed E-state index contributed by atoms with van der Waals surface area (Å²) in [5.41, 5.74) is 0. The van der Waals surface area contributed by atoms with E-state index in [1.807, 2.05) is 4.31 Å². The molecule has 0 rings (SSSR count). The van der Waals surface area contributed by atoms with Gasteiger partial charge in [-0.3, -0.25) is 0 Å². The molecule has 4 heteroatoms. The van der Waals surface area contributed by atoms with Crippen molar-refractivity contribution in [2.75, 3.05) is 13.1 Å². The maximum atomic E-state index is 10.5. The average molecular weight is 205 g/mol. The first-order valence-electron chi connectivity index (χ1n) is 4.57. The van der Waals surface area contributed by atoms with Crippen LogP contribution in [0, 0.1) is 11.8 Å². The van der Waals surface area contributed by atoms with Crippen molar-refractivity contribution in [1.29, 1.82) is 0 Å². The van der Waals surface area contributed by atoms with Gasteiger partial charge < -0.3 is 5.11 Å². The van der Waals surface area contributed by atoms with E-state index >= 15 is 0 Å². The van der Waals surface area contributed by atoms with E-state index in [4.69, 9.17) is 5.11 Å². The zero-order chi connectivity index (χ0) is 10.4. The van der Waals surface area contributed by atoms with Crippen molar-refractivity contribution in [3.8, 4) is 0 Å². The summed E-state index contributed by atoms with van der Waals surface area (Å²) in [5, 5.41) is 7.81. The van der Waals surface area contributed by atoms with Gasteiger partial charge in [0.1, 0.15) is 0 Å². The summed E-state index contributed by atoms with van der Waals surface area (Å²) in [6.07, 6.45) is 0. The highest BCUT2D eigenvalue weighted by molar-refractivity contribution is 8.11. The second-order valence-corrected chi connectivity index (χ2v) is 5.04. The Hall–Kier alpha value is -0.220. The van der Waals surface area contributed by atoms with Crippen molar-refractivity contribution in [2.45, 2.75) is 27.7 Å². The first kappa shape index (κ1) is 12.8. The van der Waals surface area contributed by atoms with Gasteiger partial charge in [-0.25, -0.2) is 9.10 Å². The van der Waals surface area contributed by atoms with Crippen molar-refractivity contribution in [3.63, 3.8) is 0 Å². The van der Waals surface area contributed by atoms with E-state index in [-0.39, 0.29) is 0 Å². The fourth-order valence-electron chi connectivity index (χ4n) is 1.07. The van der Waals surface area contributed by atoms with E-state index < -0.39 is 5.30 Å². The van der Waals surface area contributed by atoms with Crippen molar-refractivity contribution < 1.29 is 9.90 Å². The molecule has 0 atom stereocenters. The first-order chi connectivity index (χ1) is 5.91. The van der Waals surface area contributed by atoms with E-state index in [1.165, 1.54) is 0 Å². The molecule has 0 saturated carbocycles.